The molecular weight excluding hydrogens is 322 g/mol. The van der Waals surface area contributed by atoms with Crippen molar-refractivity contribution in [3.8, 4) is 0 Å². The number of carbonyl (C=O) groups is 3. The molecule has 0 bridgehead atoms. The van der Waals surface area contributed by atoms with E-state index in [-0.39, 0.29) is 18.5 Å². The third-order valence-electron chi connectivity index (χ3n) is 4.42. The maximum Gasteiger partial charge on any atom is 0.321 e. The van der Waals surface area contributed by atoms with Crippen molar-refractivity contribution in [3.63, 3.8) is 0 Å². The van der Waals surface area contributed by atoms with Crippen LogP contribution in [-0.4, -0.2) is 59.5 Å². The molecule has 3 amide bonds. The Balaban J connectivity index is 2.01. The largest absolute Gasteiger partial charge is 0.481 e. The molecule has 1 aromatic carbocycles. The summed E-state index contributed by atoms with van der Waals surface area (Å²) < 4.78 is 0. The molecule has 0 saturated carbocycles. The molecule has 7 nitrogen and oxygen atoms in total. The van der Waals surface area contributed by atoms with Crippen molar-refractivity contribution in [1.29, 1.82) is 0 Å². The molecule has 2 rings (SSSR count). The van der Waals surface area contributed by atoms with Crippen LogP contribution in [-0.2, 0) is 4.79 Å². The number of nitrogens with one attached hydrogen (secondary N) is 1. The molecule has 0 radical (unpaired) electrons. The van der Waals surface area contributed by atoms with Gasteiger partial charge in [0.1, 0.15) is 0 Å². The molecule has 1 unspecified atom stereocenters. The molecule has 0 aromatic heterocycles. The van der Waals surface area contributed by atoms with Gasteiger partial charge in [-0.2, -0.15) is 0 Å². The first-order valence-corrected chi connectivity index (χ1v) is 8.44. The number of benzene rings is 1. The van der Waals surface area contributed by atoms with E-state index in [9.17, 15) is 14.4 Å². The zero-order valence-corrected chi connectivity index (χ0v) is 14.9. The van der Waals surface area contributed by atoms with Crippen molar-refractivity contribution < 1.29 is 19.5 Å². The van der Waals surface area contributed by atoms with E-state index in [1.807, 2.05) is 11.8 Å². The molecule has 1 fully saturated rings. The summed E-state index contributed by atoms with van der Waals surface area (Å²) in [5.41, 5.74) is 2.01. The van der Waals surface area contributed by atoms with Gasteiger partial charge in [0.15, 0.2) is 0 Å². The number of amides is 3. The zero-order valence-electron chi connectivity index (χ0n) is 14.9. The predicted octanol–water partition coefficient (Wildman–Crippen LogP) is 2.42. The highest BCUT2D eigenvalue weighted by molar-refractivity contribution is 5.96. The van der Waals surface area contributed by atoms with Gasteiger partial charge in [-0.1, -0.05) is 6.92 Å². The molecule has 1 aromatic rings. The second kappa shape index (κ2) is 8.00. The molecule has 1 heterocycles. The van der Waals surface area contributed by atoms with E-state index in [2.05, 4.69) is 5.32 Å². The average Bonchev–Trinajstić information content (AvgIpc) is 3.10. The standard InChI is InChI=1S/C18H25N3O4/c1-12-10-14(16(22)21-8-4-5-9-21)6-7-15(12)19-18(25)20(3)11-13(2)17(23)24/h6-7,10,13H,4-5,8-9,11H2,1-3H3,(H,19,25)(H,23,24). The van der Waals surface area contributed by atoms with Crippen LogP contribution in [0, 0.1) is 12.8 Å². The number of carboxylic acids is 1. The van der Waals surface area contributed by atoms with Crippen molar-refractivity contribution >= 4 is 23.6 Å². The highest BCUT2D eigenvalue weighted by Crippen LogP contribution is 2.20. The number of anilines is 1. The summed E-state index contributed by atoms with van der Waals surface area (Å²) in [6.45, 7) is 5.09. The van der Waals surface area contributed by atoms with Gasteiger partial charge in [-0.25, -0.2) is 4.79 Å². The second-order valence-electron chi connectivity index (χ2n) is 6.58. The van der Waals surface area contributed by atoms with Crippen LogP contribution >= 0.6 is 0 Å². The summed E-state index contributed by atoms with van der Waals surface area (Å²) >= 11 is 0. The maximum atomic E-state index is 12.4. The monoisotopic (exact) mass is 347 g/mol. The lowest BCUT2D eigenvalue weighted by Gasteiger charge is -2.21. The number of hydrogen-bond acceptors (Lipinski definition) is 3. The van der Waals surface area contributed by atoms with Gasteiger partial charge in [0.2, 0.25) is 0 Å². The van der Waals surface area contributed by atoms with Crippen LogP contribution in [0.1, 0.15) is 35.7 Å². The first kappa shape index (κ1) is 18.8. The van der Waals surface area contributed by atoms with E-state index in [0.29, 0.717) is 11.3 Å². The molecule has 1 atom stereocenters. The van der Waals surface area contributed by atoms with Crippen LogP contribution in [0.5, 0.6) is 0 Å². The molecular formula is C18H25N3O4. The predicted molar refractivity (Wildman–Crippen MR) is 94.8 cm³/mol. The summed E-state index contributed by atoms with van der Waals surface area (Å²) in [5.74, 6) is -1.57. The minimum Gasteiger partial charge on any atom is -0.481 e. The summed E-state index contributed by atoms with van der Waals surface area (Å²) in [7, 11) is 1.55. The topological polar surface area (TPSA) is 90.0 Å². The Hall–Kier alpha value is -2.57. The number of aryl methyl sites for hydroxylation is 1. The fraction of sp³-hybridized carbons (Fsp3) is 0.500. The zero-order chi connectivity index (χ0) is 18.6. The van der Waals surface area contributed by atoms with Crippen molar-refractivity contribution in [2.75, 3.05) is 32.0 Å². The summed E-state index contributed by atoms with van der Waals surface area (Å²) in [6, 6.07) is 4.82. The lowest BCUT2D eigenvalue weighted by atomic mass is 10.1. The van der Waals surface area contributed by atoms with Gasteiger partial charge in [0.25, 0.3) is 5.91 Å². The van der Waals surface area contributed by atoms with Gasteiger partial charge in [-0.05, 0) is 43.5 Å². The van der Waals surface area contributed by atoms with Crippen molar-refractivity contribution in [1.82, 2.24) is 9.80 Å². The summed E-state index contributed by atoms with van der Waals surface area (Å²) in [4.78, 5) is 38.7. The van der Waals surface area contributed by atoms with E-state index >= 15 is 0 Å². The van der Waals surface area contributed by atoms with Gasteiger partial charge in [-0.15, -0.1) is 0 Å². The Labute approximate surface area is 147 Å². The number of rotatable bonds is 5. The molecule has 2 N–H and O–H groups in total. The third-order valence-corrected chi connectivity index (χ3v) is 4.42. The number of carbonyl (C=O) groups excluding carboxylic acids is 2. The Bertz CT molecular complexity index is 668. The number of carboxylic acid groups (broad SMARTS) is 1. The number of aliphatic carboxylic acids is 1. The van der Waals surface area contributed by atoms with Crippen LogP contribution in [0.3, 0.4) is 0 Å². The van der Waals surface area contributed by atoms with E-state index in [4.69, 9.17) is 5.11 Å². The number of nitrogens with zero attached hydrogens (tertiary/aromatic N) is 2. The van der Waals surface area contributed by atoms with E-state index in [0.717, 1.165) is 31.5 Å². The Morgan fingerprint density at radius 1 is 1.28 bits per heavy atom. The van der Waals surface area contributed by atoms with Gasteiger partial charge in [0.05, 0.1) is 5.92 Å². The van der Waals surface area contributed by atoms with Gasteiger partial charge in [0, 0.05) is 37.9 Å². The van der Waals surface area contributed by atoms with E-state index in [1.165, 1.54) is 4.90 Å². The van der Waals surface area contributed by atoms with Crippen molar-refractivity contribution in [2.24, 2.45) is 5.92 Å². The fourth-order valence-electron chi connectivity index (χ4n) is 2.82. The van der Waals surface area contributed by atoms with Gasteiger partial charge < -0.3 is 20.2 Å². The SMILES string of the molecule is Cc1cc(C(=O)N2CCCC2)ccc1NC(=O)N(C)CC(C)C(=O)O. The smallest absolute Gasteiger partial charge is 0.321 e. The average molecular weight is 347 g/mol. The second-order valence-corrected chi connectivity index (χ2v) is 6.58. The van der Waals surface area contributed by atoms with Crippen LogP contribution in [0.15, 0.2) is 18.2 Å². The van der Waals surface area contributed by atoms with Crippen LogP contribution < -0.4 is 5.32 Å². The molecule has 7 heteroatoms. The number of hydrogen-bond donors (Lipinski definition) is 2. The normalized spacial score (nSPS) is 14.9. The lowest BCUT2D eigenvalue weighted by molar-refractivity contribution is -0.141. The Morgan fingerprint density at radius 2 is 1.92 bits per heavy atom. The minimum atomic E-state index is -0.944. The van der Waals surface area contributed by atoms with Gasteiger partial charge >= 0.3 is 12.0 Å². The summed E-state index contributed by atoms with van der Waals surface area (Å²) in [5, 5.41) is 11.7. The van der Waals surface area contributed by atoms with Crippen LogP contribution in [0.4, 0.5) is 10.5 Å². The Morgan fingerprint density at radius 3 is 2.48 bits per heavy atom. The first-order chi connectivity index (χ1) is 11.8. The molecule has 0 aliphatic carbocycles. The third kappa shape index (κ3) is 4.71. The van der Waals surface area contributed by atoms with Gasteiger partial charge in [-0.3, -0.25) is 9.59 Å². The minimum absolute atomic E-state index is 0.0193. The molecule has 1 aliphatic heterocycles. The molecule has 1 saturated heterocycles. The highest BCUT2D eigenvalue weighted by atomic mass is 16.4. The lowest BCUT2D eigenvalue weighted by Crippen LogP contribution is -2.36. The molecule has 136 valence electrons. The number of urea groups is 1. The fourth-order valence-corrected chi connectivity index (χ4v) is 2.82. The first-order valence-electron chi connectivity index (χ1n) is 8.44. The molecule has 1 aliphatic rings. The van der Waals surface area contributed by atoms with E-state index in [1.54, 1.807) is 32.2 Å². The van der Waals surface area contributed by atoms with Crippen LogP contribution in [0.2, 0.25) is 0 Å². The summed E-state index contributed by atoms with van der Waals surface area (Å²) in [6.07, 6.45) is 2.08. The van der Waals surface area contributed by atoms with Crippen molar-refractivity contribution in [3.05, 3.63) is 29.3 Å². The highest BCUT2D eigenvalue weighted by Gasteiger charge is 2.21. The van der Waals surface area contributed by atoms with Crippen molar-refractivity contribution in [2.45, 2.75) is 26.7 Å². The van der Waals surface area contributed by atoms with Crippen LogP contribution in [0.25, 0.3) is 0 Å². The Kier molecular flexibility index (Phi) is 6.01. The van der Waals surface area contributed by atoms with E-state index < -0.39 is 11.9 Å². The maximum absolute atomic E-state index is 12.4. The number of likely N-dealkylation sites (tertiary alicyclic amines) is 1. The molecule has 0 spiro atoms. The quantitative estimate of drug-likeness (QED) is 0.856. The molecule has 25 heavy (non-hydrogen) atoms.